The summed E-state index contributed by atoms with van der Waals surface area (Å²) in [6.07, 6.45) is 4.91. The lowest BCUT2D eigenvalue weighted by Crippen LogP contribution is -2.49. The maximum atomic E-state index is 12.7. The minimum absolute atomic E-state index is 0.0346. The van der Waals surface area contributed by atoms with E-state index in [2.05, 4.69) is 28.8 Å². The first kappa shape index (κ1) is 19.4. The predicted molar refractivity (Wildman–Crippen MR) is 105 cm³/mol. The SMILES string of the molecule is C[C@@H](OC(=O)C1C[C@H]2CCC[C@@H](C1)C21SCCS1)C(=O)NC(C)(C)C. The number of esters is 1. The molecule has 3 rings (SSSR count). The van der Waals surface area contributed by atoms with Crippen LogP contribution in [-0.2, 0) is 14.3 Å². The molecule has 1 amide bonds. The summed E-state index contributed by atoms with van der Waals surface area (Å²) < 4.78 is 5.91. The molecule has 142 valence electrons. The molecule has 0 aromatic rings. The van der Waals surface area contributed by atoms with Crippen LogP contribution in [0.15, 0.2) is 0 Å². The number of carbonyl (C=O) groups is 2. The zero-order valence-corrected chi connectivity index (χ0v) is 17.4. The highest BCUT2D eigenvalue weighted by atomic mass is 32.2. The van der Waals surface area contributed by atoms with Crippen molar-refractivity contribution in [3.63, 3.8) is 0 Å². The van der Waals surface area contributed by atoms with E-state index in [4.69, 9.17) is 4.74 Å². The van der Waals surface area contributed by atoms with Crippen LogP contribution in [0.25, 0.3) is 0 Å². The average Bonchev–Trinajstić information content (AvgIpc) is 2.94. The lowest BCUT2D eigenvalue weighted by Gasteiger charge is -2.51. The van der Waals surface area contributed by atoms with Crippen molar-refractivity contribution >= 4 is 35.4 Å². The molecule has 1 unspecified atom stereocenters. The van der Waals surface area contributed by atoms with Crippen molar-refractivity contribution in [3.8, 4) is 0 Å². The molecule has 4 nitrogen and oxygen atoms in total. The van der Waals surface area contributed by atoms with Gasteiger partial charge in [-0.05, 0) is 65.2 Å². The Morgan fingerprint density at radius 2 is 1.68 bits per heavy atom. The standard InChI is InChI=1S/C19H31NO3S2/c1-12(16(21)20-18(2,3)4)23-17(22)13-10-14-6-5-7-15(11-13)19(14)24-8-9-25-19/h12-15H,5-11H2,1-4H3,(H,20,21)/t12-,13?,14-,15+/m1/s1. The van der Waals surface area contributed by atoms with E-state index in [1.54, 1.807) is 6.92 Å². The molecule has 2 aliphatic carbocycles. The van der Waals surface area contributed by atoms with Gasteiger partial charge in [-0.25, -0.2) is 0 Å². The molecular weight excluding hydrogens is 354 g/mol. The van der Waals surface area contributed by atoms with Crippen LogP contribution < -0.4 is 5.32 Å². The molecule has 4 atom stereocenters. The van der Waals surface area contributed by atoms with E-state index in [1.165, 1.54) is 30.8 Å². The molecule has 0 radical (unpaired) electrons. The van der Waals surface area contributed by atoms with Crippen LogP contribution in [0.4, 0.5) is 0 Å². The Labute approximate surface area is 160 Å². The number of thioether (sulfide) groups is 2. The van der Waals surface area contributed by atoms with Gasteiger partial charge in [-0.1, -0.05) is 6.42 Å². The molecule has 25 heavy (non-hydrogen) atoms. The van der Waals surface area contributed by atoms with Crippen molar-refractivity contribution in [1.82, 2.24) is 5.32 Å². The summed E-state index contributed by atoms with van der Waals surface area (Å²) in [7, 11) is 0. The van der Waals surface area contributed by atoms with Crippen LogP contribution in [0.5, 0.6) is 0 Å². The summed E-state index contributed by atoms with van der Waals surface area (Å²) in [6, 6.07) is 0. The summed E-state index contributed by atoms with van der Waals surface area (Å²) in [6.45, 7) is 7.46. The quantitative estimate of drug-likeness (QED) is 0.748. The van der Waals surface area contributed by atoms with Crippen LogP contribution in [0.3, 0.4) is 0 Å². The van der Waals surface area contributed by atoms with Gasteiger partial charge < -0.3 is 10.1 Å². The van der Waals surface area contributed by atoms with E-state index in [-0.39, 0.29) is 23.3 Å². The van der Waals surface area contributed by atoms with E-state index in [9.17, 15) is 9.59 Å². The normalized spacial score (nSPS) is 32.2. The van der Waals surface area contributed by atoms with Gasteiger partial charge in [0.2, 0.25) is 0 Å². The Kier molecular flexibility index (Phi) is 5.69. The Bertz CT molecular complexity index is 509. The number of nitrogens with one attached hydrogen (secondary N) is 1. The average molecular weight is 386 g/mol. The number of ether oxygens (including phenoxy) is 1. The van der Waals surface area contributed by atoms with Gasteiger partial charge in [0, 0.05) is 17.0 Å². The van der Waals surface area contributed by atoms with E-state index < -0.39 is 6.10 Å². The van der Waals surface area contributed by atoms with Gasteiger partial charge in [0.25, 0.3) is 5.91 Å². The fourth-order valence-corrected chi connectivity index (χ4v) is 8.53. The van der Waals surface area contributed by atoms with E-state index in [1.807, 2.05) is 20.8 Å². The summed E-state index contributed by atoms with van der Waals surface area (Å²) >= 11 is 4.29. The second-order valence-corrected chi connectivity index (χ2v) is 11.7. The predicted octanol–water partition coefficient (Wildman–Crippen LogP) is 3.84. The summed E-state index contributed by atoms with van der Waals surface area (Å²) in [5.41, 5.74) is -0.317. The van der Waals surface area contributed by atoms with Crippen LogP contribution in [0.1, 0.15) is 59.8 Å². The van der Waals surface area contributed by atoms with Gasteiger partial charge in [0.1, 0.15) is 0 Å². The van der Waals surface area contributed by atoms with Gasteiger partial charge in [-0.2, -0.15) is 0 Å². The molecule has 1 spiro atoms. The molecule has 2 bridgehead atoms. The zero-order valence-electron chi connectivity index (χ0n) is 15.8. The summed E-state index contributed by atoms with van der Waals surface area (Å²) in [5, 5.41) is 2.88. The Balaban J connectivity index is 1.60. The lowest BCUT2D eigenvalue weighted by atomic mass is 9.67. The minimum Gasteiger partial charge on any atom is -0.452 e. The monoisotopic (exact) mass is 385 g/mol. The Morgan fingerprint density at radius 1 is 1.12 bits per heavy atom. The summed E-state index contributed by atoms with van der Waals surface area (Å²) in [4.78, 5) is 24.9. The van der Waals surface area contributed by atoms with E-state index >= 15 is 0 Å². The summed E-state index contributed by atoms with van der Waals surface area (Å²) in [5.74, 6) is 3.31. The molecule has 1 heterocycles. The first-order valence-corrected chi connectivity index (χ1v) is 11.5. The smallest absolute Gasteiger partial charge is 0.309 e. The molecule has 0 aromatic carbocycles. The Hall–Kier alpha value is -0.360. The van der Waals surface area contributed by atoms with E-state index in [0.29, 0.717) is 15.9 Å². The molecule has 3 aliphatic rings. The first-order valence-electron chi connectivity index (χ1n) is 9.52. The molecule has 1 N–H and O–H groups in total. The van der Waals surface area contributed by atoms with Gasteiger partial charge in [0.05, 0.1) is 10.00 Å². The topological polar surface area (TPSA) is 55.4 Å². The van der Waals surface area contributed by atoms with Gasteiger partial charge in [-0.3, -0.25) is 9.59 Å². The molecule has 1 saturated heterocycles. The molecule has 3 fully saturated rings. The van der Waals surface area contributed by atoms with Crippen LogP contribution in [-0.4, -0.2) is 39.1 Å². The van der Waals surface area contributed by atoms with Crippen molar-refractivity contribution < 1.29 is 14.3 Å². The highest BCUT2D eigenvalue weighted by Crippen LogP contribution is 2.64. The van der Waals surface area contributed by atoms with Gasteiger partial charge in [-0.15, -0.1) is 23.5 Å². The number of hydrogen-bond donors (Lipinski definition) is 1. The molecule has 0 aromatic heterocycles. The van der Waals surface area contributed by atoms with Crippen molar-refractivity contribution in [2.24, 2.45) is 17.8 Å². The molecular formula is C19H31NO3S2. The molecule has 1 aliphatic heterocycles. The largest absolute Gasteiger partial charge is 0.452 e. The number of rotatable bonds is 3. The maximum Gasteiger partial charge on any atom is 0.309 e. The fraction of sp³-hybridized carbons (Fsp3) is 0.895. The van der Waals surface area contributed by atoms with Crippen molar-refractivity contribution in [2.75, 3.05) is 11.5 Å². The fourth-order valence-electron chi connectivity index (χ4n) is 4.60. The first-order chi connectivity index (χ1) is 11.7. The molecule has 2 saturated carbocycles. The van der Waals surface area contributed by atoms with Crippen molar-refractivity contribution in [2.45, 2.75) is 75.5 Å². The van der Waals surface area contributed by atoms with Gasteiger partial charge in [0.15, 0.2) is 6.10 Å². The number of amides is 1. The van der Waals surface area contributed by atoms with Crippen molar-refractivity contribution in [3.05, 3.63) is 0 Å². The van der Waals surface area contributed by atoms with E-state index in [0.717, 1.165) is 12.8 Å². The third-order valence-electron chi connectivity index (χ3n) is 5.61. The third kappa shape index (κ3) is 4.15. The number of carbonyl (C=O) groups excluding carboxylic acids is 2. The zero-order chi connectivity index (χ0) is 18.2. The second-order valence-electron chi connectivity index (χ2n) is 8.73. The van der Waals surface area contributed by atoms with Gasteiger partial charge >= 0.3 is 5.97 Å². The second kappa shape index (κ2) is 7.34. The third-order valence-corrected chi connectivity index (χ3v) is 9.63. The highest BCUT2D eigenvalue weighted by molar-refractivity contribution is 8.21. The maximum absolute atomic E-state index is 12.7. The lowest BCUT2D eigenvalue weighted by molar-refractivity contribution is -0.161. The van der Waals surface area contributed by atoms with Crippen molar-refractivity contribution in [1.29, 1.82) is 0 Å². The minimum atomic E-state index is -0.724. The molecule has 6 heteroatoms. The number of hydrogen-bond acceptors (Lipinski definition) is 5. The van der Waals surface area contributed by atoms with Crippen LogP contribution >= 0.6 is 23.5 Å². The Morgan fingerprint density at radius 3 is 2.20 bits per heavy atom. The van der Waals surface area contributed by atoms with Crippen LogP contribution in [0.2, 0.25) is 0 Å². The highest BCUT2D eigenvalue weighted by Gasteiger charge is 2.55. The van der Waals surface area contributed by atoms with Crippen LogP contribution in [0, 0.1) is 17.8 Å².